The Morgan fingerprint density at radius 2 is 1.70 bits per heavy atom. The van der Waals surface area contributed by atoms with Crippen LogP contribution in [0.1, 0.15) is 51.3 Å². The molecule has 0 aliphatic carbocycles. The molecule has 0 spiro atoms. The highest BCUT2D eigenvalue weighted by atomic mass is 15.2. The first-order valence-electron chi connectivity index (χ1n) is 8.03. The summed E-state index contributed by atoms with van der Waals surface area (Å²) < 4.78 is 0. The summed E-state index contributed by atoms with van der Waals surface area (Å²) in [4.78, 5) is 2.66. The Morgan fingerprint density at radius 3 is 2.20 bits per heavy atom. The molecule has 0 radical (unpaired) electrons. The lowest BCUT2D eigenvalue weighted by Gasteiger charge is -2.38. The zero-order valence-electron chi connectivity index (χ0n) is 13.6. The van der Waals surface area contributed by atoms with Gasteiger partial charge in [-0.15, -0.1) is 0 Å². The van der Waals surface area contributed by atoms with Crippen molar-refractivity contribution < 1.29 is 0 Å². The number of nitrogens with zero attached hydrogens (tertiary/aromatic N) is 1. The van der Waals surface area contributed by atoms with E-state index in [0.717, 1.165) is 32.6 Å². The minimum Gasteiger partial charge on any atom is -0.314 e. The highest BCUT2D eigenvalue weighted by Gasteiger charge is 2.26. The molecule has 20 heavy (non-hydrogen) atoms. The molecular weight excluding hydrogens is 244 g/mol. The summed E-state index contributed by atoms with van der Waals surface area (Å²) >= 11 is 0. The molecule has 0 bridgehead atoms. The average molecular weight is 274 g/mol. The van der Waals surface area contributed by atoms with Gasteiger partial charge in [-0.1, -0.05) is 52.0 Å². The second kappa shape index (κ2) is 6.73. The van der Waals surface area contributed by atoms with Crippen molar-refractivity contribution in [2.24, 2.45) is 5.41 Å². The first kappa shape index (κ1) is 15.5. The number of benzene rings is 1. The normalized spacial score (nSPS) is 19.0. The third-order valence-corrected chi connectivity index (χ3v) is 4.17. The van der Waals surface area contributed by atoms with Gasteiger partial charge in [0.25, 0.3) is 0 Å². The van der Waals surface area contributed by atoms with Crippen LogP contribution in [-0.4, -0.2) is 31.1 Å². The second-order valence-corrected chi connectivity index (χ2v) is 7.16. The van der Waals surface area contributed by atoms with Gasteiger partial charge in [0.15, 0.2) is 0 Å². The fraction of sp³-hybridized carbons (Fsp3) is 0.667. The van der Waals surface area contributed by atoms with Gasteiger partial charge >= 0.3 is 0 Å². The Bertz CT molecular complexity index is 396. The molecule has 2 heteroatoms. The Morgan fingerprint density at radius 1 is 1.10 bits per heavy atom. The van der Waals surface area contributed by atoms with E-state index in [-0.39, 0.29) is 0 Å². The summed E-state index contributed by atoms with van der Waals surface area (Å²) in [5.74, 6) is 0. The summed E-state index contributed by atoms with van der Waals surface area (Å²) in [5, 5.41) is 3.46. The number of hydrogen-bond donors (Lipinski definition) is 1. The minimum absolute atomic E-state index is 0.360. The van der Waals surface area contributed by atoms with Crippen LogP contribution in [0.4, 0.5) is 0 Å². The minimum atomic E-state index is 0.360. The lowest BCUT2D eigenvalue weighted by atomic mass is 9.84. The van der Waals surface area contributed by atoms with E-state index in [1.54, 1.807) is 0 Å². The van der Waals surface area contributed by atoms with E-state index in [1.165, 1.54) is 17.5 Å². The van der Waals surface area contributed by atoms with Crippen molar-refractivity contribution in [3.05, 3.63) is 35.4 Å². The molecule has 2 nitrogen and oxygen atoms in total. The summed E-state index contributed by atoms with van der Waals surface area (Å²) in [6.45, 7) is 13.8. The van der Waals surface area contributed by atoms with Crippen molar-refractivity contribution in [2.75, 3.05) is 26.2 Å². The van der Waals surface area contributed by atoms with Crippen LogP contribution in [0.25, 0.3) is 0 Å². The van der Waals surface area contributed by atoms with Crippen LogP contribution < -0.4 is 5.32 Å². The van der Waals surface area contributed by atoms with Crippen molar-refractivity contribution in [1.29, 1.82) is 0 Å². The average Bonchev–Trinajstić information content (AvgIpc) is 2.45. The van der Waals surface area contributed by atoms with Crippen LogP contribution >= 0.6 is 0 Å². The SMILES string of the molecule is CCc1ccc(C(CC(C)(C)C)N2CCNCC2)cc1. The van der Waals surface area contributed by atoms with Gasteiger partial charge in [0, 0.05) is 32.2 Å². The van der Waals surface area contributed by atoms with Crippen LogP contribution in [0.3, 0.4) is 0 Å². The summed E-state index contributed by atoms with van der Waals surface area (Å²) in [5.41, 5.74) is 3.28. The molecule has 1 atom stereocenters. The Labute approximate surface area is 124 Å². The fourth-order valence-corrected chi connectivity index (χ4v) is 3.01. The van der Waals surface area contributed by atoms with Crippen LogP contribution in [-0.2, 0) is 6.42 Å². The quantitative estimate of drug-likeness (QED) is 0.902. The maximum absolute atomic E-state index is 3.46. The zero-order valence-corrected chi connectivity index (χ0v) is 13.6. The van der Waals surface area contributed by atoms with Gasteiger partial charge in [-0.2, -0.15) is 0 Å². The number of nitrogens with one attached hydrogen (secondary N) is 1. The van der Waals surface area contributed by atoms with E-state index in [9.17, 15) is 0 Å². The Hall–Kier alpha value is -0.860. The molecule has 1 aliphatic heterocycles. The largest absolute Gasteiger partial charge is 0.314 e. The number of rotatable bonds is 4. The maximum Gasteiger partial charge on any atom is 0.0354 e. The van der Waals surface area contributed by atoms with Gasteiger partial charge in [-0.3, -0.25) is 4.90 Å². The van der Waals surface area contributed by atoms with Crippen LogP contribution in [0.5, 0.6) is 0 Å². The van der Waals surface area contributed by atoms with Crippen LogP contribution in [0, 0.1) is 5.41 Å². The van der Waals surface area contributed by atoms with E-state index in [4.69, 9.17) is 0 Å². The predicted octanol–water partition coefficient (Wildman–Crippen LogP) is 3.63. The van der Waals surface area contributed by atoms with E-state index in [2.05, 4.69) is 62.2 Å². The molecule has 112 valence electrons. The summed E-state index contributed by atoms with van der Waals surface area (Å²) in [7, 11) is 0. The smallest absolute Gasteiger partial charge is 0.0354 e. The van der Waals surface area contributed by atoms with Gasteiger partial charge in [0.05, 0.1) is 0 Å². The second-order valence-electron chi connectivity index (χ2n) is 7.16. The van der Waals surface area contributed by atoms with Gasteiger partial charge in [-0.05, 0) is 29.4 Å². The zero-order chi connectivity index (χ0) is 14.6. The number of piperazine rings is 1. The summed E-state index contributed by atoms with van der Waals surface area (Å²) in [6.07, 6.45) is 2.34. The standard InChI is InChI=1S/C18H30N2/c1-5-15-6-8-16(9-7-15)17(14-18(2,3)4)20-12-10-19-11-13-20/h6-9,17,19H,5,10-14H2,1-4H3. The highest BCUT2D eigenvalue weighted by Crippen LogP contribution is 2.34. The van der Waals surface area contributed by atoms with Crippen molar-refractivity contribution >= 4 is 0 Å². The third-order valence-electron chi connectivity index (χ3n) is 4.17. The molecule has 1 fully saturated rings. The maximum atomic E-state index is 3.46. The predicted molar refractivity (Wildman–Crippen MR) is 87.1 cm³/mol. The molecule has 1 aromatic rings. The topological polar surface area (TPSA) is 15.3 Å². The van der Waals surface area contributed by atoms with E-state index < -0.39 is 0 Å². The monoisotopic (exact) mass is 274 g/mol. The van der Waals surface area contributed by atoms with Crippen LogP contribution in [0.15, 0.2) is 24.3 Å². The molecular formula is C18H30N2. The van der Waals surface area contributed by atoms with E-state index in [1.807, 2.05) is 0 Å². The third kappa shape index (κ3) is 4.32. The molecule has 1 unspecified atom stereocenters. The molecule has 1 aromatic carbocycles. The van der Waals surface area contributed by atoms with Crippen molar-refractivity contribution in [3.8, 4) is 0 Å². The molecule has 1 N–H and O–H groups in total. The molecule has 1 aliphatic rings. The van der Waals surface area contributed by atoms with Crippen molar-refractivity contribution in [2.45, 2.75) is 46.6 Å². The Kier molecular flexibility index (Phi) is 5.22. The first-order valence-corrected chi connectivity index (χ1v) is 8.03. The van der Waals surface area contributed by atoms with Gasteiger partial charge in [0.2, 0.25) is 0 Å². The fourth-order valence-electron chi connectivity index (χ4n) is 3.01. The van der Waals surface area contributed by atoms with Gasteiger partial charge < -0.3 is 5.32 Å². The number of aryl methyl sites for hydroxylation is 1. The lowest BCUT2D eigenvalue weighted by Crippen LogP contribution is -2.45. The molecule has 1 heterocycles. The molecule has 1 saturated heterocycles. The van der Waals surface area contributed by atoms with E-state index in [0.29, 0.717) is 11.5 Å². The summed E-state index contributed by atoms with van der Waals surface area (Å²) in [6, 6.07) is 9.84. The highest BCUT2D eigenvalue weighted by molar-refractivity contribution is 5.25. The van der Waals surface area contributed by atoms with Crippen LogP contribution in [0.2, 0.25) is 0 Å². The Balaban J connectivity index is 2.19. The molecule has 2 rings (SSSR count). The van der Waals surface area contributed by atoms with Gasteiger partial charge in [-0.25, -0.2) is 0 Å². The molecule has 0 aromatic heterocycles. The van der Waals surface area contributed by atoms with Crippen molar-refractivity contribution in [1.82, 2.24) is 10.2 Å². The lowest BCUT2D eigenvalue weighted by molar-refractivity contribution is 0.132. The van der Waals surface area contributed by atoms with Crippen molar-refractivity contribution in [3.63, 3.8) is 0 Å². The molecule has 0 amide bonds. The van der Waals surface area contributed by atoms with Gasteiger partial charge in [0.1, 0.15) is 0 Å². The van der Waals surface area contributed by atoms with E-state index >= 15 is 0 Å². The first-order chi connectivity index (χ1) is 9.49. The number of hydrogen-bond acceptors (Lipinski definition) is 2. The molecule has 0 saturated carbocycles.